The summed E-state index contributed by atoms with van der Waals surface area (Å²) < 4.78 is 10.0. The molecule has 84 valence electrons. The van der Waals surface area contributed by atoms with Crippen molar-refractivity contribution < 1.29 is 9.15 Å². The van der Waals surface area contributed by atoms with E-state index in [1.54, 1.807) is 12.1 Å². The third-order valence-corrected chi connectivity index (χ3v) is 2.74. The Bertz CT molecular complexity index is 565. The van der Waals surface area contributed by atoms with Crippen molar-refractivity contribution in [2.75, 3.05) is 6.61 Å². The smallest absolute Gasteiger partial charge is 0.397 e. The fraction of sp³-hybridized carbons (Fsp3) is 0.273. The average Bonchev–Trinajstić information content (AvgIpc) is 2.29. The van der Waals surface area contributed by atoms with Crippen LogP contribution < -0.4 is 10.4 Å². The van der Waals surface area contributed by atoms with Crippen LogP contribution in [0.3, 0.4) is 0 Å². The molecule has 0 N–H and O–H groups in total. The van der Waals surface area contributed by atoms with Crippen LogP contribution in [0.15, 0.2) is 27.4 Å². The first kappa shape index (κ1) is 11.1. The van der Waals surface area contributed by atoms with E-state index >= 15 is 0 Å². The Kier molecular flexibility index (Phi) is 3.24. The molecule has 0 saturated heterocycles. The standard InChI is InChI=1S/C11H10BrNO3/c1-2-15-11-13-9-7(6-12)4-3-5-8(9)10(14)16-11/h3-5H,2,6H2,1H3. The first-order valence-electron chi connectivity index (χ1n) is 4.87. The van der Waals surface area contributed by atoms with Crippen molar-refractivity contribution in [2.24, 2.45) is 0 Å². The topological polar surface area (TPSA) is 52.3 Å². The highest BCUT2D eigenvalue weighted by atomic mass is 79.9. The minimum atomic E-state index is -0.420. The van der Waals surface area contributed by atoms with Crippen molar-refractivity contribution in [3.63, 3.8) is 0 Å². The van der Waals surface area contributed by atoms with Crippen LogP contribution in [0.25, 0.3) is 10.9 Å². The summed E-state index contributed by atoms with van der Waals surface area (Å²) in [5.74, 6) is 0. The van der Waals surface area contributed by atoms with E-state index in [1.807, 2.05) is 13.0 Å². The monoisotopic (exact) mass is 283 g/mol. The molecule has 0 unspecified atom stereocenters. The van der Waals surface area contributed by atoms with Crippen LogP contribution in [0.2, 0.25) is 0 Å². The van der Waals surface area contributed by atoms with Crippen LogP contribution in [-0.4, -0.2) is 11.6 Å². The third-order valence-electron chi connectivity index (χ3n) is 2.13. The molecule has 0 amide bonds. The Labute approximate surface area is 100 Å². The van der Waals surface area contributed by atoms with Crippen molar-refractivity contribution >= 4 is 26.8 Å². The van der Waals surface area contributed by atoms with Crippen LogP contribution in [-0.2, 0) is 5.33 Å². The molecule has 0 saturated carbocycles. The normalized spacial score (nSPS) is 10.6. The summed E-state index contributed by atoms with van der Waals surface area (Å²) >= 11 is 3.35. The molecule has 0 fully saturated rings. The minimum Gasteiger partial charge on any atom is -0.450 e. The Morgan fingerprint density at radius 1 is 1.50 bits per heavy atom. The third kappa shape index (κ3) is 1.95. The molecule has 0 aliphatic heterocycles. The van der Waals surface area contributed by atoms with E-state index in [2.05, 4.69) is 20.9 Å². The van der Waals surface area contributed by atoms with Crippen molar-refractivity contribution in [2.45, 2.75) is 12.3 Å². The van der Waals surface area contributed by atoms with Gasteiger partial charge in [0.2, 0.25) is 0 Å². The number of nitrogens with zero attached hydrogens (tertiary/aromatic N) is 1. The second-order valence-corrected chi connectivity index (χ2v) is 3.71. The Morgan fingerprint density at radius 2 is 2.31 bits per heavy atom. The van der Waals surface area contributed by atoms with Crippen molar-refractivity contribution in [1.82, 2.24) is 4.98 Å². The summed E-state index contributed by atoms with van der Waals surface area (Å²) in [7, 11) is 0. The van der Waals surface area contributed by atoms with Gasteiger partial charge in [-0.1, -0.05) is 28.1 Å². The molecule has 4 nitrogen and oxygen atoms in total. The molecular weight excluding hydrogens is 274 g/mol. The highest BCUT2D eigenvalue weighted by Gasteiger charge is 2.09. The number of benzene rings is 1. The fourth-order valence-electron chi connectivity index (χ4n) is 1.43. The SMILES string of the molecule is CCOc1nc2c(CBr)cccc2c(=O)o1. The number of halogens is 1. The Hall–Kier alpha value is -1.36. The number of hydrogen-bond acceptors (Lipinski definition) is 4. The van der Waals surface area contributed by atoms with E-state index < -0.39 is 5.63 Å². The molecule has 16 heavy (non-hydrogen) atoms. The predicted octanol–water partition coefficient (Wildman–Crippen LogP) is 2.48. The van der Waals surface area contributed by atoms with Gasteiger partial charge in [0.15, 0.2) is 0 Å². The second kappa shape index (κ2) is 4.65. The summed E-state index contributed by atoms with van der Waals surface area (Å²) in [5, 5.41) is 1.10. The fourth-order valence-corrected chi connectivity index (χ4v) is 1.88. The van der Waals surface area contributed by atoms with Gasteiger partial charge < -0.3 is 9.15 Å². The van der Waals surface area contributed by atoms with E-state index in [0.29, 0.717) is 22.8 Å². The van der Waals surface area contributed by atoms with Crippen LogP contribution in [0.4, 0.5) is 0 Å². The zero-order chi connectivity index (χ0) is 11.5. The maximum Gasteiger partial charge on any atom is 0.397 e. The van der Waals surface area contributed by atoms with E-state index in [0.717, 1.165) is 5.56 Å². The van der Waals surface area contributed by atoms with Crippen LogP contribution in [0, 0.1) is 0 Å². The molecule has 1 aromatic carbocycles. The largest absolute Gasteiger partial charge is 0.450 e. The molecule has 0 bridgehead atoms. The van der Waals surface area contributed by atoms with Gasteiger partial charge in [-0.15, -0.1) is 0 Å². The number of aromatic nitrogens is 1. The first-order valence-corrected chi connectivity index (χ1v) is 6.00. The Balaban J connectivity index is 2.72. The minimum absolute atomic E-state index is 0.0217. The summed E-state index contributed by atoms with van der Waals surface area (Å²) in [6, 6.07) is 5.40. The highest BCUT2D eigenvalue weighted by molar-refractivity contribution is 9.08. The summed E-state index contributed by atoms with van der Waals surface area (Å²) in [6.45, 7) is 2.22. The van der Waals surface area contributed by atoms with Crippen molar-refractivity contribution in [3.8, 4) is 6.08 Å². The van der Waals surface area contributed by atoms with Gasteiger partial charge in [0.25, 0.3) is 0 Å². The van der Waals surface area contributed by atoms with Gasteiger partial charge in [-0.05, 0) is 18.6 Å². The van der Waals surface area contributed by atoms with Crippen LogP contribution >= 0.6 is 15.9 Å². The number of rotatable bonds is 3. The first-order chi connectivity index (χ1) is 7.76. The van der Waals surface area contributed by atoms with E-state index in [-0.39, 0.29) is 6.08 Å². The van der Waals surface area contributed by atoms with Crippen LogP contribution in [0.1, 0.15) is 12.5 Å². The molecule has 0 atom stereocenters. The van der Waals surface area contributed by atoms with Gasteiger partial charge in [0, 0.05) is 5.33 Å². The summed E-state index contributed by atoms with van der Waals surface area (Å²) in [5.41, 5.74) is 1.14. The lowest BCUT2D eigenvalue weighted by Crippen LogP contribution is -2.06. The maximum absolute atomic E-state index is 11.6. The number of para-hydroxylation sites is 1. The lowest BCUT2D eigenvalue weighted by atomic mass is 10.1. The van der Waals surface area contributed by atoms with E-state index in [9.17, 15) is 4.79 Å². The van der Waals surface area contributed by atoms with Gasteiger partial charge in [0.05, 0.1) is 17.5 Å². The summed E-state index contributed by atoms with van der Waals surface area (Å²) in [6.07, 6.45) is 0.0217. The number of alkyl halides is 1. The number of fused-ring (bicyclic) bond motifs is 1. The lowest BCUT2D eigenvalue weighted by Gasteiger charge is -2.03. The van der Waals surface area contributed by atoms with Crippen molar-refractivity contribution in [3.05, 3.63) is 34.2 Å². The molecule has 1 heterocycles. The molecule has 0 aliphatic carbocycles. The zero-order valence-corrected chi connectivity index (χ0v) is 10.3. The molecule has 0 spiro atoms. The number of hydrogen-bond donors (Lipinski definition) is 0. The number of ether oxygens (including phenoxy) is 1. The molecular formula is C11H10BrNO3. The molecule has 1 aromatic heterocycles. The molecule has 0 radical (unpaired) electrons. The van der Waals surface area contributed by atoms with Gasteiger partial charge in [-0.2, -0.15) is 4.98 Å². The van der Waals surface area contributed by atoms with Gasteiger partial charge in [-0.25, -0.2) is 4.79 Å². The van der Waals surface area contributed by atoms with E-state index in [1.165, 1.54) is 0 Å². The Morgan fingerprint density at radius 3 is 3.00 bits per heavy atom. The molecule has 2 rings (SSSR count). The molecule has 0 aliphatic rings. The van der Waals surface area contributed by atoms with Gasteiger partial charge in [-0.3, -0.25) is 0 Å². The zero-order valence-electron chi connectivity index (χ0n) is 8.70. The summed E-state index contributed by atoms with van der Waals surface area (Å²) in [4.78, 5) is 15.8. The lowest BCUT2D eigenvalue weighted by molar-refractivity contribution is 0.229. The second-order valence-electron chi connectivity index (χ2n) is 3.15. The predicted molar refractivity (Wildman–Crippen MR) is 64.1 cm³/mol. The highest BCUT2D eigenvalue weighted by Crippen LogP contribution is 2.18. The van der Waals surface area contributed by atoms with Gasteiger partial charge in [0.1, 0.15) is 0 Å². The van der Waals surface area contributed by atoms with Gasteiger partial charge >= 0.3 is 11.7 Å². The quantitative estimate of drug-likeness (QED) is 0.812. The van der Waals surface area contributed by atoms with Crippen molar-refractivity contribution in [1.29, 1.82) is 0 Å². The molecule has 2 aromatic rings. The van der Waals surface area contributed by atoms with E-state index in [4.69, 9.17) is 9.15 Å². The van der Waals surface area contributed by atoms with Crippen LogP contribution in [0.5, 0.6) is 6.08 Å². The molecule has 5 heteroatoms. The average molecular weight is 284 g/mol. The maximum atomic E-state index is 11.6.